The molecule has 6 heteroatoms. The van der Waals surface area contributed by atoms with Crippen LogP contribution in [0.25, 0.3) is 0 Å². The molecule has 1 amide bonds. The van der Waals surface area contributed by atoms with Gasteiger partial charge in [-0.2, -0.15) is 0 Å². The van der Waals surface area contributed by atoms with Gasteiger partial charge in [-0.25, -0.2) is 0 Å². The topological polar surface area (TPSA) is 57.3 Å². The lowest BCUT2D eigenvalue weighted by Crippen LogP contribution is -2.45. The third kappa shape index (κ3) is 4.22. The van der Waals surface area contributed by atoms with Gasteiger partial charge in [-0.15, -0.1) is 0 Å². The first-order chi connectivity index (χ1) is 13.6. The van der Waals surface area contributed by atoms with E-state index in [1.54, 1.807) is 0 Å². The Morgan fingerprint density at radius 2 is 2.11 bits per heavy atom. The highest BCUT2D eigenvalue weighted by molar-refractivity contribution is 6.31. The second-order valence-corrected chi connectivity index (χ2v) is 8.27. The maximum absolute atomic E-state index is 12.9. The van der Waals surface area contributed by atoms with Gasteiger partial charge in [0.25, 0.3) is 0 Å². The van der Waals surface area contributed by atoms with Crippen LogP contribution in [0.4, 0.5) is 0 Å². The number of halogens is 1. The van der Waals surface area contributed by atoms with Crippen LogP contribution in [0.15, 0.2) is 42.5 Å². The highest BCUT2D eigenvalue weighted by Crippen LogP contribution is 2.28. The van der Waals surface area contributed by atoms with Gasteiger partial charge in [0.05, 0.1) is 5.92 Å². The molecule has 28 heavy (non-hydrogen) atoms. The molecule has 2 aromatic rings. The van der Waals surface area contributed by atoms with Gasteiger partial charge < -0.3 is 4.90 Å². The summed E-state index contributed by atoms with van der Waals surface area (Å²) in [5, 5.41) is 0.775. The molecule has 0 bridgehead atoms. The van der Waals surface area contributed by atoms with Crippen LogP contribution >= 0.6 is 11.6 Å². The van der Waals surface area contributed by atoms with Crippen LogP contribution in [0.3, 0.4) is 0 Å². The van der Waals surface area contributed by atoms with Gasteiger partial charge in [0.1, 0.15) is 0 Å². The van der Waals surface area contributed by atoms with Crippen molar-refractivity contribution in [3.63, 3.8) is 0 Å². The average Bonchev–Trinajstić information content (AvgIpc) is 3.15. The lowest BCUT2D eigenvalue weighted by Gasteiger charge is -2.34. The van der Waals surface area contributed by atoms with Crippen molar-refractivity contribution in [2.24, 2.45) is 5.92 Å². The van der Waals surface area contributed by atoms with Crippen molar-refractivity contribution in [1.29, 1.82) is 0 Å². The molecule has 0 spiro atoms. The number of amides is 1. The molecule has 0 radical (unpaired) electrons. The predicted octanol–water partition coefficient (Wildman–Crippen LogP) is 3.14. The summed E-state index contributed by atoms with van der Waals surface area (Å²) in [5.41, 5.74) is 9.44. The molecule has 3 unspecified atom stereocenters. The monoisotopic (exact) mass is 398 g/mol. The van der Waals surface area contributed by atoms with Crippen molar-refractivity contribution >= 4 is 17.5 Å². The van der Waals surface area contributed by atoms with Crippen LogP contribution in [0, 0.1) is 5.92 Å². The standard InChI is InChI=1S/C22H27ClN4O/c1-15-19(13-24-26-15)22(28)27-11-5-7-17(14-27)21-10-4-8-18(25-21)12-16-6-2-3-9-20(16)23/h2-4,6,8-10,15,17,19,24,26H,5,7,11-14H2,1H3. The molecule has 4 rings (SSSR count). The maximum Gasteiger partial charge on any atom is 0.228 e. The normalized spacial score (nSPS) is 25.1. The molecule has 2 aliphatic rings. The molecule has 0 saturated carbocycles. The first-order valence-corrected chi connectivity index (χ1v) is 10.5. The number of nitrogens with one attached hydrogen (secondary N) is 2. The van der Waals surface area contributed by atoms with Gasteiger partial charge in [-0.3, -0.25) is 20.6 Å². The Morgan fingerprint density at radius 3 is 2.89 bits per heavy atom. The number of hydrazine groups is 1. The molecular formula is C22H27ClN4O. The lowest BCUT2D eigenvalue weighted by molar-refractivity contribution is -0.136. The Kier molecular flexibility index (Phi) is 5.95. The summed E-state index contributed by atoms with van der Waals surface area (Å²) in [6.07, 6.45) is 2.82. The van der Waals surface area contributed by atoms with Crippen molar-refractivity contribution in [3.05, 3.63) is 64.4 Å². The minimum absolute atomic E-state index is 0.0123. The zero-order valence-electron chi connectivity index (χ0n) is 16.2. The molecule has 1 aromatic heterocycles. The van der Waals surface area contributed by atoms with E-state index < -0.39 is 0 Å². The molecule has 1 aromatic carbocycles. The van der Waals surface area contributed by atoms with E-state index in [-0.39, 0.29) is 17.9 Å². The summed E-state index contributed by atoms with van der Waals surface area (Å²) in [6.45, 7) is 4.36. The highest BCUT2D eigenvalue weighted by atomic mass is 35.5. The number of carbonyl (C=O) groups excluding carboxylic acids is 1. The van der Waals surface area contributed by atoms with Gasteiger partial charge in [0, 0.05) is 54.4 Å². The van der Waals surface area contributed by atoms with Crippen molar-refractivity contribution in [2.45, 2.75) is 38.1 Å². The number of benzene rings is 1. The zero-order chi connectivity index (χ0) is 19.5. The number of carbonyl (C=O) groups is 1. The van der Waals surface area contributed by atoms with Crippen molar-refractivity contribution < 1.29 is 4.79 Å². The molecule has 2 aliphatic heterocycles. The first-order valence-electron chi connectivity index (χ1n) is 10.1. The average molecular weight is 399 g/mol. The number of pyridine rings is 1. The van der Waals surface area contributed by atoms with E-state index in [1.807, 2.05) is 29.2 Å². The van der Waals surface area contributed by atoms with E-state index in [4.69, 9.17) is 16.6 Å². The first kappa shape index (κ1) is 19.4. The Balaban J connectivity index is 1.46. The molecule has 2 N–H and O–H groups in total. The van der Waals surface area contributed by atoms with Crippen molar-refractivity contribution in [1.82, 2.24) is 20.7 Å². The number of likely N-dealkylation sites (tertiary alicyclic amines) is 1. The fraction of sp³-hybridized carbons (Fsp3) is 0.455. The molecule has 2 fully saturated rings. The van der Waals surface area contributed by atoms with Crippen LogP contribution < -0.4 is 10.9 Å². The fourth-order valence-electron chi connectivity index (χ4n) is 4.22. The second kappa shape index (κ2) is 8.60. The predicted molar refractivity (Wildman–Crippen MR) is 111 cm³/mol. The Morgan fingerprint density at radius 1 is 1.25 bits per heavy atom. The molecule has 148 valence electrons. The number of hydrogen-bond acceptors (Lipinski definition) is 4. The van der Waals surface area contributed by atoms with Crippen LogP contribution in [0.5, 0.6) is 0 Å². The van der Waals surface area contributed by atoms with E-state index in [0.29, 0.717) is 12.5 Å². The third-order valence-electron chi connectivity index (χ3n) is 5.88. The number of nitrogens with zero attached hydrogens (tertiary/aromatic N) is 2. The smallest absolute Gasteiger partial charge is 0.228 e. The van der Waals surface area contributed by atoms with E-state index in [9.17, 15) is 4.79 Å². The number of rotatable bonds is 4. The van der Waals surface area contributed by atoms with Gasteiger partial charge in [0.2, 0.25) is 5.91 Å². The lowest BCUT2D eigenvalue weighted by atomic mass is 9.92. The van der Waals surface area contributed by atoms with E-state index >= 15 is 0 Å². The minimum Gasteiger partial charge on any atom is -0.342 e. The zero-order valence-corrected chi connectivity index (χ0v) is 17.0. The summed E-state index contributed by atoms with van der Waals surface area (Å²) in [6, 6.07) is 14.3. The molecule has 3 heterocycles. The van der Waals surface area contributed by atoms with E-state index in [1.165, 1.54) is 0 Å². The number of aromatic nitrogens is 1. The van der Waals surface area contributed by atoms with Gasteiger partial charge >= 0.3 is 0 Å². The minimum atomic E-state index is 0.0123. The highest BCUT2D eigenvalue weighted by Gasteiger charge is 2.35. The number of hydrogen-bond donors (Lipinski definition) is 2. The van der Waals surface area contributed by atoms with Crippen molar-refractivity contribution in [2.75, 3.05) is 19.6 Å². The molecule has 2 saturated heterocycles. The number of piperidine rings is 1. The summed E-state index contributed by atoms with van der Waals surface area (Å²) in [5.74, 6) is 0.557. The summed E-state index contributed by atoms with van der Waals surface area (Å²) in [7, 11) is 0. The van der Waals surface area contributed by atoms with Gasteiger partial charge in [0.15, 0.2) is 0 Å². The second-order valence-electron chi connectivity index (χ2n) is 7.87. The Labute approximate surface area is 171 Å². The fourth-order valence-corrected chi connectivity index (χ4v) is 4.43. The summed E-state index contributed by atoms with van der Waals surface area (Å²) >= 11 is 6.31. The largest absolute Gasteiger partial charge is 0.342 e. The molecule has 0 aliphatic carbocycles. The molecular weight excluding hydrogens is 372 g/mol. The van der Waals surface area contributed by atoms with Crippen LogP contribution in [-0.4, -0.2) is 41.5 Å². The van der Waals surface area contributed by atoms with Crippen LogP contribution in [0.2, 0.25) is 5.02 Å². The Hall–Kier alpha value is -1.95. The molecule has 5 nitrogen and oxygen atoms in total. The molecule has 3 atom stereocenters. The van der Waals surface area contributed by atoms with E-state index in [0.717, 1.165) is 54.3 Å². The third-order valence-corrected chi connectivity index (χ3v) is 6.25. The quantitative estimate of drug-likeness (QED) is 0.830. The van der Waals surface area contributed by atoms with Crippen molar-refractivity contribution in [3.8, 4) is 0 Å². The maximum atomic E-state index is 12.9. The SMILES string of the molecule is CC1NNCC1C(=O)N1CCCC(c2cccc(Cc3ccccc3Cl)n2)C1. The summed E-state index contributed by atoms with van der Waals surface area (Å²) in [4.78, 5) is 19.9. The van der Waals surface area contributed by atoms with Gasteiger partial charge in [-0.1, -0.05) is 35.9 Å². The summed E-state index contributed by atoms with van der Waals surface area (Å²) < 4.78 is 0. The van der Waals surface area contributed by atoms with Crippen LogP contribution in [0.1, 0.15) is 42.6 Å². The van der Waals surface area contributed by atoms with Crippen LogP contribution in [-0.2, 0) is 11.2 Å². The Bertz CT molecular complexity index is 843. The van der Waals surface area contributed by atoms with E-state index in [2.05, 4.69) is 36.0 Å². The van der Waals surface area contributed by atoms with Gasteiger partial charge in [-0.05, 0) is 43.5 Å².